The largest absolute Gasteiger partial charge is 0.493 e. The maximum absolute atomic E-state index is 13.6. The average molecular weight is 645 g/mol. The van der Waals surface area contributed by atoms with Crippen LogP contribution in [0.3, 0.4) is 0 Å². The van der Waals surface area contributed by atoms with Crippen molar-refractivity contribution in [2.45, 2.75) is 69.5 Å². The summed E-state index contributed by atoms with van der Waals surface area (Å²) in [6.07, 6.45) is 3.94. The molecule has 1 heterocycles. The summed E-state index contributed by atoms with van der Waals surface area (Å²) in [5, 5.41) is 33.1. The Labute approximate surface area is 236 Å². The highest BCUT2D eigenvalue weighted by Gasteiger charge is 2.44. The number of halogens is 1. The number of carbonyl (C=O) groups is 2. The summed E-state index contributed by atoms with van der Waals surface area (Å²) < 4.78 is 18.3. The standard InChI is InChI=1S/C27H37IN2O8/c1-36-23-11-16(15-32)10-20(28)25(23)38-22-13-18(26(34)29-7-8-31)12-21(24(22)33)30(14-19-6-3-9-37-19)27(35)17-4-2-5-17/h10-11,13,17,19,21-22,24,31-33H,2-9,12,14-15H2,1H3,(H,29,34)/t19-,21-,22+,24+/m1/s1. The Morgan fingerprint density at radius 2 is 2.00 bits per heavy atom. The molecule has 210 valence electrons. The number of hydrogen-bond acceptors (Lipinski definition) is 8. The number of hydrogen-bond donors (Lipinski definition) is 4. The van der Waals surface area contributed by atoms with Crippen LogP contribution in [0.2, 0.25) is 0 Å². The molecule has 3 aliphatic rings. The lowest BCUT2D eigenvalue weighted by Crippen LogP contribution is -2.58. The van der Waals surface area contributed by atoms with Gasteiger partial charge in [-0.3, -0.25) is 9.59 Å². The quantitative estimate of drug-likeness (QED) is 0.266. The summed E-state index contributed by atoms with van der Waals surface area (Å²) in [5.74, 6) is 0.266. The van der Waals surface area contributed by atoms with Crippen molar-refractivity contribution in [3.63, 3.8) is 0 Å². The van der Waals surface area contributed by atoms with Crippen LogP contribution in [0.1, 0.15) is 44.1 Å². The number of ether oxygens (including phenoxy) is 3. The van der Waals surface area contributed by atoms with Gasteiger partial charge in [-0.05, 0) is 72.0 Å². The first-order valence-electron chi connectivity index (χ1n) is 13.2. The van der Waals surface area contributed by atoms with E-state index in [1.54, 1.807) is 23.1 Å². The zero-order valence-corrected chi connectivity index (χ0v) is 23.8. The van der Waals surface area contributed by atoms with Crippen LogP contribution in [0.5, 0.6) is 11.5 Å². The van der Waals surface area contributed by atoms with Crippen LogP contribution in [0, 0.1) is 9.49 Å². The molecule has 11 heteroatoms. The molecule has 0 unspecified atom stereocenters. The van der Waals surface area contributed by atoms with Gasteiger partial charge in [-0.2, -0.15) is 0 Å². The zero-order chi connectivity index (χ0) is 27.2. The lowest BCUT2D eigenvalue weighted by atomic mass is 9.82. The van der Waals surface area contributed by atoms with Crippen molar-refractivity contribution in [2.24, 2.45) is 5.92 Å². The smallest absolute Gasteiger partial charge is 0.247 e. The number of rotatable bonds is 11. The van der Waals surface area contributed by atoms with Crippen molar-refractivity contribution >= 4 is 34.4 Å². The summed E-state index contributed by atoms with van der Waals surface area (Å²) >= 11 is 2.08. The van der Waals surface area contributed by atoms with Crippen molar-refractivity contribution in [1.29, 1.82) is 0 Å². The van der Waals surface area contributed by atoms with Crippen LogP contribution in [0.4, 0.5) is 0 Å². The van der Waals surface area contributed by atoms with Crippen LogP contribution < -0.4 is 14.8 Å². The molecule has 1 aromatic carbocycles. The molecule has 2 aliphatic carbocycles. The highest BCUT2D eigenvalue weighted by Crippen LogP contribution is 2.38. The minimum Gasteiger partial charge on any atom is -0.493 e. The van der Waals surface area contributed by atoms with E-state index in [0.717, 1.165) is 32.1 Å². The number of carbonyl (C=O) groups excluding carboxylic acids is 2. The van der Waals surface area contributed by atoms with E-state index in [2.05, 4.69) is 27.9 Å². The van der Waals surface area contributed by atoms with Gasteiger partial charge in [-0.1, -0.05) is 6.42 Å². The number of aliphatic hydroxyl groups is 3. The predicted octanol–water partition coefficient (Wildman–Crippen LogP) is 1.52. The predicted molar refractivity (Wildman–Crippen MR) is 147 cm³/mol. The monoisotopic (exact) mass is 644 g/mol. The molecule has 0 spiro atoms. The third-order valence-electron chi connectivity index (χ3n) is 7.50. The first-order chi connectivity index (χ1) is 18.4. The van der Waals surface area contributed by atoms with E-state index in [9.17, 15) is 24.9 Å². The summed E-state index contributed by atoms with van der Waals surface area (Å²) in [6, 6.07) is 2.72. The fraction of sp³-hybridized carbons (Fsp3) is 0.630. The maximum Gasteiger partial charge on any atom is 0.247 e. The van der Waals surface area contributed by atoms with Crippen molar-refractivity contribution < 1.29 is 39.1 Å². The SMILES string of the molecule is COc1cc(CO)cc(I)c1O[C@H]1C=C(C(=O)NCCO)C[C@@H](N(C[C@H]2CCCO2)C(=O)C2CCC2)[C@@H]1O. The molecule has 0 aromatic heterocycles. The summed E-state index contributed by atoms with van der Waals surface area (Å²) in [5.41, 5.74) is 1.02. The Morgan fingerprint density at radius 3 is 2.61 bits per heavy atom. The Hall–Kier alpha value is -1.93. The Morgan fingerprint density at radius 1 is 1.21 bits per heavy atom. The summed E-state index contributed by atoms with van der Waals surface area (Å²) in [4.78, 5) is 28.3. The molecule has 4 atom stereocenters. The van der Waals surface area contributed by atoms with Gasteiger partial charge in [0.2, 0.25) is 11.8 Å². The molecule has 1 aliphatic heterocycles. The second kappa shape index (κ2) is 13.4. The molecule has 2 amide bonds. The summed E-state index contributed by atoms with van der Waals surface area (Å²) in [6.45, 7) is 0.706. The van der Waals surface area contributed by atoms with Crippen molar-refractivity contribution in [3.8, 4) is 11.5 Å². The van der Waals surface area contributed by atoms with Gasteiger partial charge < -0.3 is 39.7 Å². The van der Waals surface area contributed by atoms with E-state index in [0.29, 0.717) is 39.4 Å². The summed E-state index contributed by atoms with van der Waals surface area (Å²) in [7, 11) is 1.49. The first kappa shape index (κ1) is 29.1. The van der Waals surface area contributed by atoms with E-state index < -0.39 is 18.2 Å². The third-order valence-corrected chi connectivity index (χ3v) is 8.30. The fourth-order valence-corrected chi connectivity index (χ4v) is 5.97. The third kappa shape index (κ3) is 6.61. The van der Waals surface area contributed by atoms with Gasteiger partial charge in [0.1, 0.15) is 12.2 Å². The Kier molecular flexibility index (Phi) is 10.3. The zero-order valence-electron chi connectivity index (χ0n) is 21.6. The Balaban J connectivity index is 1.67. The lowest BCUT2D eigenvalue weighted by molar-refractivity contribution is -0.147. The number of aliphatic hydroxyl groups excluding tert-OH is 3. The number of benzene rings is 1. The molecule has 0 bridgehead atoms. The van der Waals surface area contributed by atoms with Crippen LogP contribution in [-0.2, 0) is 20.9 Å². The fourth-order valence-electron chi connectivity index (χ4n) is 5.18. The molecule has 0 radical (unpaired) electrons. The Bertz CT molecular complexity index is 1020. The highest BCUT2D eigenvalue weighted by atomic mass is 127. The van der Waals surface area contributed by atoms with Gasteiger partial charge in [0.15, 0.2) is 11.5 Å². The molecular weight excluding hydrogens is 607 g/mol. The van der Waals surface area contributed by atoms with E-state index in [1.165, 1.54) is 7.11 Å². The van der Waals surface area contributed by atoms with E-state index >= 15 is 0 Å². The highest BCUT2D eigenvalue weighted by molar-refractivity contribution is 14.1. The van der Waals surface area contributed by atoms with Crippen molar-refractivity contribution in [3.05, 3.63) is 32.9 Å². The van der Waals surface area contributed by atoms with Crippen LogP contribution in [0.25, 0.3) is 0 Å². The molecule has 4 N–H and O–H groups in total. The van der Waals surface area contributed by atoms with Crippen molar-refractivity contribution in [2.75, 3.05) is 33.4 Å². The van der Waals surface area contributed by atoms with Crippen molar-refractivity contribution in [1.82, 2.24) is 10.2 Å². The minimum atomic E-state index is -1.12. The minimum absolute atomic E-state index is 0.0222. The number of methoxy groups -OCH3 is 1. The molecule has 10 nitrogen and oxygen atoms in total. The van der Waals surface area contributed by atoms with Crippen LogP contribution in [-0.4, -0.2) is 89.8 Å². The van der Waals surface area contributed by atoms with Crippen LogP contribution >= 0.6 is 22.6 Å². The number of amides is 2. The second-order valence-corrected chi connectivity index (χ2v) is 11.2. The lowest BCUT2D eigenvalue weighted by Gasteiger charge is -2.43. The molecule has 38 heavy (non-hydrogen) atoms. The molecule has 2 fully saturated rings. The van der Waals surface area contributed by atoms with Gasteiger partial charge in [-0.25, -0.2) is 0 Å². The van der Waals surface area contributed by atoms with Gasteiger partial charge in [0, 0.05) is 37.6 Å². The number of nitrogens with one attached hydrogen (secondary N) is 1. The average Bonchev–Trinajstić information content (AvgIpc) is 3.40. The topological polar surface area (TPSA) is 138 Å². The van der Waals surface area contributed by atoms with E-state index in [1.807, 2.05) is 0 Å². The van der Waals surface area contributed by atoms with Gasteiger partial charge in [-0.15, -0.1) is 0 Å². The van der Waals surface area contributed by atoms with Crippen LogP contribution in [0.15, 0.2) is 23.8 Å². The first-order valence-corrected chi connectivity index (χ1v) is 14.3. The molecule has 4 rings (SSSR count). The van der Waals surface area contributed by atoms with E-state index in [-0.39, 0.29) is 50.0 Å². The molecular formula is C27H37IN2O8. The normalized spacial score (nSPS) is 25.3. The van der Waals surface area contributed by atoms with Gasteiger partial charge >= 0.3 is 0 Å². The van der Waals surface area contributed by atoms with E-state index in [4.69, 9.17) is 14.2 Å². The maximum atomic E-state index is 13.6. The molecule has 1 saturated heterocycles. The number of nitrogens with zero attached hydrogens (tertiary/aromatic N) is 1. The van der Waals surface area contributed by atoms with Gasteiger partial charge in [0.25, 0.3) is 0 Å². The van der Waals surface area contributed by atoms with Gasteiger partial charge in [0.05, 0.1) is 36.0 Å². The molecule has 1 saturated carbocycles. The second-order valence-electron chi connectivity index (χ2n) is 10.0. The molecule has 1 aromatic rings.